The number of nitrogens with one attached hydrogen (secondary N) is 1. The Morgan fingerprint density at radius 1 is 1.75 bits per heavy atom. The van der Waals surface area contributed by atoms with Crippen molar-refractivity contribution in [3.05, 3.63) is 0 Å². The number of hydrogen-bond donors (Lipinski definition) is 2. The van der Waals surface area contributed by atoms with E-state index in [1.807, 2.05) is 5.48 Å². The number of nitriles is 1. The van der Waals surface area contributed by atoms with Crippen molar-refractivity contribution >= 4 is 6.03 Å². The summed E-state index contributed by atoms with van der Waals surface area (Å²) in [7, 11) is 0. The molecule has 0 unspecified atom stereocenters. The van der Waals surface area contributed by atoms with Crippen molar-refractivity contribution in [2.24, 2.45) is 11.1 Å². The smallest absolute Gasteiger partial charge is 0.336 e. The van der Waals surface area contributed by atoms with E-state index < -0.39 is 6.03 Å². The molecule has 1 saturated carbocycles. The third-order valence-corrected chi connectivity index (χ3v) is 1.95. The molecular formula is C7H11N3O2. The number of primary amides is 1. The molecule has 0 radical (unpaired) electrons. The van der Waals surface area contributed by atoms with E-state index in [9.17, 15) is 4.79 Å². The van der Waals surface area contributed by atoms with Gasteiger partial charge in [0.1, 0.15) is 0 Å². The average Bonchev–Trinajstić information content (AvgIpc) is 2.79. The minimum atomic E-state index is -0.711. The molecule has 0 heterocycles. The molecule has 66 valence electrons. The number of hydrogen-bond acceptors (Lipinski definition) is 3. The second-order valence-corrected chi connectivity index (χ2v) is 2.96. The van der Waals surface area contributed by atoms with Gasteiger partial charge in [-0.05, 0) is 19.3 Å². The van der Waals surface area contributed by atoms with Crippen LogP contribution < -0.4 is 11.2 Å². The Labute approximate surface area is 70.4 Å². The molecule has 0 aromatic carbocycles. The molecule has 0 aromatic heterocycles. The third kappa shape index (κ3) is 2.40. The number of carbonyl (C=O) groups is 1. The molecule has 1 rings (SSSR count). The maximum absolute atomic E-state index is 10.1. The van der Waals surface area contributed by atoms with Crippen LogP contribution in [0.2, 0.25) is 0 Å². The van der Waals surface area contributed by atoms with E-state index in [1.165, 1.54) is 0 Å². The van der Waals surface area contributed by atoms with Crippen LogP contribution in [-0.4, -0.2) is 12.6 Å². The van der Waals surface area contributed by atoms with E-state index in [2.05, 4.69) is 6.07 Å². The largest absolute Gasteiger partial charge is 0.350 e. The standard InChI is InChI=1S/C7H11N3O2/c8-5-7(1-2-7)3-4-12-10-6(9)11/h1-4H2,(H3,9,10,11). The topological polar surface area (TPSA) is 88.1 Å². The van der Waals surface area contributed by atoms with Crippen LogP contribution in [0.25, 0.3) is 0 Å². The van der Waals surface area contributed by atoms with Crippen LogP contribution in [0.1, 0.15) is 19.3 Å². The summed E-state index contributed by atoms with van der Waals surface area (Å²) in [5, 5.41) is 8.65. The summed E-state index contributed by atoms with van der Waals surface area (Å²) < 4.78 is 0. The van der Waals surface area contributed by atoms with Crippen molar-refractivity contribution in [3.8, 4) is 6.07 Å². The summed E-state index contributed by atoms with van der Waals surface area (Å²) in [6, 6.07) is 1.51. The summed E-state index contributed by atoms with van der Waals surface area (Å²) in [4.78, 5) is 14.8. The molecular weight excluding hydrogens is 158 g/mol. The van der Waals surface area contributed by atoms with Gasteiger partial charge in [0.05, 0.1) is 18.1 Å². The van der Waals surface area contributed by atoms with Crippen LogP contribution in [-0.2, 0) is 4.84 Å². The van der Waals surface area contributed by atoms with Crippen LogP contribution in [0, 0.1) is 16.7 Å². The van der Waals surface area contributed by atoms with Gasteiger partial charge in [-0.2, -0.15) is 5.26 Å². The molecule has 2 amide bonds. The van der Waals surface area contributed by atoms with E-state index in [4.69, 9.17) is 15.8 Å². The predicted molar refractivity (Wildman–Crippen MR) is 40.6 cm³/mol. The van der Waals surface area contributed by atoms with Crippen molar-refractivity contribution in [2.45, 2.75) is 19.3 Å². The first-order chi connectivity index (χ1) is 5.68. The van der Waals surface area contributed by atoms with Crippen molar-refractivity contribution in [1.29, 1.82) is 5.26 Å². The monoisotopic (exact) mass is 169 g/mol. The van der Waals surface area contributed by atoms with Crippen LogP contribution in [0.3, 0.4) is 0 Å². The molecule has 5 heteroatoms. The van der Waals surface area contributed by atoms with Crippen molar-refractivity contribution < 1.29 is 9.63 Å². The zero-order valence-electron chi connectivity index (χ0n) is 6.67. The number of urea groups is 1. The minimum Gasteiger partial charge on any atom is -0.350 e. The quantitative estimate of drug-likeness (QED) is 0.468. The number of rotatable bonds is 4. The second kappa shape index (κ2) is 3.41. The SMILES string of the molecule is N#CC1(CCONC(N)=O)CC1. The van der Waals surface area contributed by atoms with Gasteiger partial charge in [0.25, 0.3) is 0 Å². The van der Waals surface area contributed by atoms with Gasteiger partial charge >= 0.3 is 6.03 Å². The Hall–Kier alpha value is -1.28. The zero-order chi connectivity index (χ0) is 9.03. The fraction of sp³-hybridized carbons (Fsp3) is 0.714. The Morgan fingerprint density at radius 2 is 2.42 bits per heavy atom. The van der Waals surface area contributed by atoms with E-state index in [0.717, 1.165) is 12.8 Å². The maximum atomic E-state index is 10.1. The normalized spacial score (nSPS) is 17.9. The highest BCUT2D eigenvalue weighted by Crippen LogP contribution is 2.47. The van der Waals surface area contributed by atoms with Gasteiger partial charge in [0, 0.05) is 0 Å². The fourth-order valence-corrected chi connectivity index (χ4v) is 0.937. The number of hydroxylamine groups is 1. The van der Waals surface area contributed by atoms with Crippen molar-refractivity contribution in [2.75, 3.05) is 6.61 Å². The minimum absolute atomic E-state index is 0.181. The van der Waals surface area contributed by atoms with E-state index in [1.54, 1.807) is 0 Å². The number of carbonyl (C=O) groups excluding carboxylic acids is 1. The van der Waals surface area contributed by atoms with Gasteiger partial charge in [0.2, 0.25) is 0 Å². The molecule has 0 spiro atoms. The van der Waals surface area contributed by atoms with E-state index in [0.29, 0.717) is 13.0 Å². The van der Waals surface area contributed by atoms with E-state index >= 15 is 0 Å². The lowest BCUT2D eigenvalue weighted by Gasteiger charge is -2.05. The average molecular weight is 169 g/mol. The van der Waals surface area contributed by atoms with Crippen LogP contribution in [0.5, 0.6) is 0 Å². The molecule has 0 atom stereocenters. The zero-order valence-corrected chi connectivity index (χ0v) is 6.67. The summed E-state index contributed by atoms with van der Waals surface area (Å²) >= 11 is 0. The van der Waals surface area contributed by atoms with Gasteiger partial charge in [-0.25, -0.2) is 10.3 Å². The molecule has 1 fully saturated rings. The molecule has 3 N–H and O–H groups in total. The highest BCUT2D eigenvalue weighted by atomic mass is 16.7. The van der Waals surface area contributed by atoms with E-state index in [-0.39, 0.29) is 5.41 Å². The Balaban J connectivity index is 2.04. The Kier molecular flexibility index (Phi) is 2.51. The van der Waals surface area contributed by atoms with Crippen LogP contribution in [0.15, 0.2) is 0 Å². The molecule has 0 saturated heterocycles. The first kappa shape index (κ1) is 8.81. The number of nitrogens with two attached hydrogens (primary N) is 1. The first-order valence-corrected chi connectivity index (χ1v) is 3.77. The second-order valence-electron chi connectivity index (χ2n) is 2.96. The molecule has 1 aliphatic rings. The lowest BCUT2D eigenvalue weighted by molar-refractivity contribution is 0.0568. The predicted octanol–water partition coefficient (Wildman–Crippen LogP) is 0.280. The fourth-order valence-electron chi connectivity index (χ4n) is 0.937. The maximum Gasteiger partial charge on any atom is 0.336 e. The highest BCUT2D eigenvalue weighted by Gasteiger charge is 2.42. The van der Waals surface area contributed by atoms with Crippen molar-refractivity contribution in [3.63, 3.8) is 0 Å². The van der Waals surface area contributed by atoms with Crippen molar-refractivity contribution in [1.82, 2.24) is 5.48 Å². The molecule has 5 nitrogen and oxygen atoms in total. The number of nitrogens with zero attached hydrogens (tertiary/aromatic N) is 1. The third-order valence-electron chi connectivity index (χ3n) is 1.95. The molecule has 12 heavy (non-hydrogen) atoms. The van der Waals surface area contributed by atoms with Gasteiger partial charge in [-0.15, -0.1) is 0 Å². The molecule has 1 aliphatic carbocycles. The molecule has 0 bridgehead atoms. The Bertz CT molecular complexity index is 217. The van der Waals surface area contributed by atoms with Crippen LogP contribution in [0.4, 0.5) is 4.79 Å². The Morgan fingerprint density at radius 3 is 2.83 bits per heavy atom. The highest BCUT2D eigenvalue weighted by molar-refractivity contribution is 5.70. The number of amides is 2. The summed E-state index contributed by atoms with van der Waals surface area (Å²) in [5.74, 6) is 0. The van der Waals surface area contributed by atoms with Crippen LogP contribution >= 0.6 is 0 Å². The lowest BCUT2D eigenvalue weighted by atomic mass is 10.1. The van der Waals surface area contributed by atoms with Gasteiger partial charge < -0.3 is 5.73 Å². The summed E-state index contributed by atoms with van der Waals surface area (Å²) in [5.41, 5.74) is 6.57. The summed E-state index contributed by atoms with van der Waals surface area (Å²) in [6.45, 7) is 0.344. The molecule has 0 aromatic rings. The van der Waals surface area contributed by atoms with Gasteiger partial charge in [-0.3, -0.25) is 4.84 Å². The molecule has 0 aliphatic heterocycles. The summed E-state index contributed by atoms with van der Waals surface area (Å²) in [6.07, 6.45) is 2.52. The first-order valence-electron chi connectivity index (χ1n) is 3.77. The lowest BCUT2D eigenvalue weighted by Crippen LogP contribution is -2.30. The van der Waals surface area contributed by atoms with Gasteiger partial charge in [0.15, 0.2) is 0 Å². The van der Waals surface area contributed by atoms with Gasteiger partial charge in [-0.1, -0.05) is 0 Å².